The molecule has 0 spiro atoms. The number of carbonyl (C=O) groups excluding carboxylic acids is 1. The summed E-state index contributed by atoms with van der Waals surface area (Å²) in [5.41, 5.74) is 8.05. The van der Waals surface area contributed by atoms with E-state index >= 15 is 0 Å². The summed E-state index contributed by atoms with van der Waals surface area (Å²) in [6.07, 6.45) is -0.461. The standard InChI is InChI=1S/C12H16BrN3O2/c1-7-4-8(13)5-9(11(7)14)16-12(17)10-6-15-2-3-18-10/h4-5,10,15H,2-3,6,14H2,1H3,(H,16,17). The zero-order valence-electron chi connectivity index (χ0n) is 10.1. The SMILES string of the molecule is Cc1cc(Br)cc(NC(=O)C2CNCCO2)c1N. The fraction of sp³-hybridized carbons (Fsp3) is 0.417. The lowest BCUT2D eigenvalue weighted by Gasteiger charge is -2.23. The molecule has 2 rings (SSSR count). The Balaban J connectivity index is 2.11. The molecule has 4 N–H and O–H groups in total. The van der Waals surface area contributed by atoms with E-state index in [2.05, 4.69) is 26.6 Å². The average Bonchev–Trinajstić information content (AvgIpc) is 2.36. The van der Waals surface area contributed by atoms with Crippen molar-refractivity contribution in [1.82, 2.24) is 5.32 Å². The van der Waals surface area contributed by atoms with Crippen molar-refractivity contribution in [3.05, 3.63) is 22.2 Å². The van der Waals surface area contributed by atoms with Crippen molar-refractivity contribution in [2.45, 2.75) is 13.0 Å². The quantitative estimate of drug-likeness (QED) is 0.719. The van der Waals surface area contributed by atoms with Crippen molar-refractivity contribution in [3.63, 3.8) is 0 Å². The second kappa shape index (κ2) is 5.69. The zero-order chi connectivity index (χ0) is 13.1. The van der Waals surface area contributed by atoms with Gasteiger partial charge in [-0.25, -0.2) is 0 Å². The van der Waals surface area contributed by atoms with Crippen molar-refractivity contribution in [2.75, 3.05) is 30.7 Å². The lowest BCUT2D eigenvalue weighted by Crippen LogP contribution is -2.45. The Bertz CT molecular complexity index is 459. The summed E-state index contributed by atoms with van der Waals surface area (Å²) in [6.45, 7) is 3.75. The van der Waals surface area contributed by atoms with Gasteiger partial charge >= 0.3 is 0 Å². The number of rotatable bonds is 2. The summed E-state index contributed by atoms with van der Waals surface area (Å²) in [5, 5.41) is 5.92. The van der Waals surface area contributed by atoms with Crippen LogP contribution in [0.5, 0.6) is 0 Å². The van der Waals surface area contributed by atoms with Gasteiger partial charge in [0.15, 0.2) is 0 Å². The number of morpholine rings is 1. The average molecular weight is 314 g/mol. The molecule has 1 atom stereocenters. The van der Waals surface area contributed by atoms with Crippen molar-refractivity contribution in [3.8, 4) is 0 Å². The largest absolute Gasteiger partial charge is 0.397 e. The number of halogens is 1. The summed E-state index contributed by atoms with van der Waals surface area (Å²) in [5.74, 6) is -0.175. The number of hydrogen-bond acceptors (Lipinski definition) is 4. The highest BCUT2D eigenvalue weighted by Gasteiger charge is 2.22. The molecule has 1 aliphatic heterocycles. The minimum Gasteiger partial charge on any atom is -0.397 e. The van der Waals surface area contributed by atoms with Crippen LogP contribution in [0.3, 0.4) is 0 Å². The number of carbonyl (C=O) groups is 1. The van der Waals surface area contributed by atoms with E-state index in [-0.39, 0.29) is 5.91 Å². The normalized spacial score (nSPS) is 19.6. The number of aryl methyl sites for hydroxylation is 1. The number of hydrogen-bond donors (Lipinski definition) is 3. The van der Waals surface area contributed by atoms with Crippen LogP contribution in [-0.2, 0) is 9.53 Å². The minimum atomic E-state index is -0.461. The molecule has 1 fully saturated rings. The van der Waals surface area contributed by atoms with Gasteiger partial charge in [-0.2, -0.15) is 0 Å². The lowest BCUT2D eigenvalue weighted by atomic mass is 10.1. The molecule has 1 saturated heterocycles. The number of anilines is 2. The third-order valence-corrected chi connectivity index (χ3v) is 3.29. The first-order valence-corrected chi connectivity index (χ1v) is 6.56. The maximum absolute atomic E-state index is 12.0. The van der Waals surface area contributed by atoms with Crippen molar-refractivity contribution < 1.29 is 9.53 Å². The first-order valence-electron chi connectivity index (χ1n) is 5.76. The third-order valence-electron chi connectivity index (χ3n) is 2.83. The van der Waals surface area contributed by atoms with Gasteiger partial charge in [0.2, 0.25) is 0 Å². The van der Waals surface area contributed by atoms with E-state index in [0.717, 1.165) is 16.6 Å². The number of nitrogens with two attached hydrogens (primary N) is 1. The van der Waals surface area contributed by atoms with E-state index in [4.69, 9.17) is 10.5 Å². The zero-order valence-corrected chi connectivity index (χ0v) is 11.7. The van der Waals surface area contributed by atoms with Crippen LogP contribution >= 0.6 is 15.9 Å². The summed E-state index contributed by atoms with van der Waals surface area (Å²) >= 11 is 3.38. The van der Waals surface area contributed by atoms with E-state index < -0.39 is 6.10 Å². The van der Waals surface area contributed by atoms with Crippen LogP contribution < -0.4 is 16.4 Å². The van der Waals surface area contributed by atoms with Gasteiger partial charge < -0.3 is 21.1 Å². The fourth-order valence-corrected chi connectivity index (χ4v) is 2.38. The second-order valence-corrected chi connectivity index (χ2v) is 5.15. The molecule has 0 saturated carbocycles. The molecule has 18 heavy (non-hydrogen) atoms. The molecule has 1 aromatic carbocycles. The Morgan fingerprint density at radius 3 is 3.06 bits per heavy atom. The van der Waals surface area contributed by atoms with Gasteiger partial charge in [-0.15, -0.1) is 0 Å². The highest BCUT2D eigenvalue weighted by atomic mass is 79.9. The summed E-state index contributed by atoms with van der Waals surface area (Å²) < 4.78 is 6.27. The summed E-state index contributed by atoms with van der Waals surface area (Å²) in [4.78, 5) is 12.0. The number of ether oxygens (including phenoxy) is 1. The molecule has 1 heterocycles. The van der Waals surface area contributed by atoms with Crippen LogP contribution in [0.25, 0.3) is 0 Å². The molecule has 98 valence electrons. The Morgan fingerprint density at radius 1 is 1.61 bits per heavy atom. The van der Waals surface area contributed by atoms with Gasteiger partial charge in [0, 0.05) is 17.6 Å². The molecule has 0 aromatic heterocycles. The molecule has 5 nitrogen and oxygen atoms in total. The maximum atomic E-state index is 12.0. The smallest absolute Gasteiger partial charge is 0.254 e. The first-order chi connectivity index (χ1) is 8.58. The number of nitrogens with one attached hydrogen (secondary N) is 2. The highest BCUT2D eigenvalue weighted by Crippen LogP contribution is 2.27. The topological polar surface area (TPSA) is 76.4 Å². The van der Waals surface area contributed by atoms with Crippen LogP contribution in [0.1, 0.15) is 5.56 Å². The van der Waals surface area contributed by atoms with E-state index in [0.29, 0.717) is 24.5 Å². The molecule has 1 amide bonds. The van der Waals surface area contributed by atoms with E-state index in [9.17, 15) is 4.79 Å². The van der Waals surface area contributed by atoms with E-state index in [1.165, 1.54) is 0 Å². The van der Waals surface area contributed by atoms with Gasteiger partial charge in [-0.05, 0) is 24.6 Å². The van der Waals surface area contributed by atoms with Crippen LogP contribution in [0.2, 0.25) is 0 Å². The maximum Gasteiger partial charge on any atom is 0.254 e. The molecule has 0 radical (unpaired) electrons. The van der Waals surface area contributed by atoms with Crippen molar-refractivity contribution in [2.24, 2.45) is 0 Å². The van der Waals surface area contributed by atoms with Gasteiger partial charge in [0.25, 0.3) is 5.91 Å². The number of amides is 1. The van der Waals surface area contributed by atoms with Crippen molar-refractivity contribution >= 4 is 33.2 Å². The van der Waals surface area contributed by atoms with Crippen LogP contribution in [0.15, 0.2) is 16.6 Å². The Kier molecular flexibility index (Phi) is 4.21. The van der Waals surface area contributed by atoms with Gasteiger partial charge in [-0.3, -0.25) is 4.79 Å². The van der Waals surface area contributed by atoms with Crippen LogP contribution in [-0.4, -0.2) is 31.7 Å². The monoisotopic (exact) mass is 313 g/mol. The molecular formula is C12H16BrN3O2. The third kappa shape index (κ3) is 3.01. The molecule has 1 aromatic rings. The molecule has 1 unspecified atom stereocenters. The summed E-state index contributed by atoms with van der Waals surface area (Å²) in [6, 6.07) is 3.69. The molecule has 6 heteroatoms. The van der Waals surface area contributed by atoms with E-state index in [1.807, 2.05) is 13.0 Å². The number of benzene rings is 1. The second-order valence-electron chi connectivity index (χ2n) is 4.24. The number of nitrogen functional groups attached to an aromatic ring is 1. The minimum absolute atomic E-state index is 0.175. The fourth-order valence-electron chi connectivity index (χ4n) is 1.80. The van der Waals surface area contributed by atoms with Gasteiger partial charge in [0.05, 0.1) is 18.0 Å². The van der Waals surface area contributed by atoms with E-state index in [1.54, 1.807) is 6.07 Å². The Labute approximate surface area is 114 Å². The Morgan fingerprint density at radius 2 is 2.39 bits per heavy atom. The predicted octanol–water partition coefficient (Wildman–Crippen LogP) is 1.27. The summed E-state index contributed by atoms with van der Waals surface area (Å²) in [7, 11) is 0. The van der Waals surface area contributed by atoms with Crippen LogP contribution in [0.4, 0.5) is 11.4 Å². The van der Waals surface area contributed by atoms with Gasteiger partial charge in [0.1, 0.15) is 6.10 Å². The Hall–Kier alpha value is -1.11. The van der Waals surface area contributed by atoms with Crippen molar-refractivity contribution in [1.29, 1.82) is 0 Å². The molecule has 0 bridgehead atoms. The molecule has 0 aliphatic carbocycles. The van der Waals surface area contributed by atoms with Crippen LogP contribution in [0, 0.1) is 6.92 Å². The lowest BCUT2D eigenvalue weighted by molar-refractivity contribution is -0.128. The predicted molar refractivity (Wildman–Crippen MR) is 74.5 cm³/mol. The van der Waals surface area contributed by atoms with Gasteiger partial charge in [-0.1, -0.05) is 15.9 Å². The molecule has 1 aliphatic rings. The highest BCUT2D eigenvalue weighted by molar-refractivity contribution is 9.10. The molecular weight excluding hydrogens is 298 g/mol. The first kappa shape index (κ1) is 13.3.